The van der Waals surface area contributed by atoms with E-state index in [9.17, 15) is 9.18 Å². The van der Waals surface area contributed by atoms with Gasteiger partial charge in [-0.1, -0.05) is 0 Å². The van der Waals surface area contributed by atoms with E-state index in [-0.39, 0.29) is 11.5 Å². The number of halogens is 1. The van der Waals surface area contributed by atoms with Crippen LogP contribution in [0.1, 0.15) is 5.69 Å². The Kier molecular flexibility index (Phi) is 3.83. The van der Waals surface area contributed by atoms with Crippen molar-refractivity contribution < 1.29 is 4.39 Å². The Bertz CT molecular complexity index is 1260. The molecule has 1 saturated heterocycles. The lowest BCUT2D eigenvalue weighted by Crippen LogP contribution is -2.43. The van der Waals surface area contributed by atoms with Crippen molar-refractivity contribution in [3.05, 3.63) is 58.8 Å². The van der Waals surface area contributed by atoms with Gasteiger partial charge in [-0.3, -0.25) is 0 Å². The van der Waals surface area contributed by atoms with Crippen molar-refractivity contribution in [2.75, 3.05) is 31.1 Å². The van der Waals surface area contributed by atoms with Gasteiger partial charge in [-0.05, 0) is 25.1 Å². The van der Waals surface area contributed by atoms with Gasteiger partial charge in [0.15, 0.2) is 17.3 Å². The van der Waals surface area contributed by atoms with Crippen molar-refractivity contribution in [3.8, 4) is 11.4 Å². The molecule has 9 heteroatoms. The maximum absolute atomic E-state index is 14.4. The van der Waals surface area contributed by atoms with E-state index >= 15 is 0 Å². The molecule has 1 fully saturated rings. The van der Waals surface area contributed by atoms with E-state index in [1.165, 1.54) is 10.5 Å². The van der Waals surface area contributed by atoms with Gasteiger partial charge in [0.25, 0.3) is 0 Å². The summed E-state index contributed by atoms with van der Waals surface area (Å²) in [5.74, 6) is -0.296. The highest BCUT2D eigenvalue weighted by Gasteiger charge is 2.14. The first-order chi connectivity index (χ1) is 13.6. The molecule has 0 radical (unpaired) electrons. The Balaban J connectivity index is 1.60. The molecule has 28 heavy (non-hydrogen) atoms. The molecule has 1 N–H and O–H groups in total. The topological polar surface area (TPSA) is 79.8 Å². The van der Waals surface area contributed by atoms with E-state index in [0.717, 1.165) is 31.9 Å². The monoisotopic (exact) mass is 379 g/mol. The molecule has 4 aromatic heterocycles. The van der Waals surface area contributed by atoms with Crippen molar-refractivity contribution in [1.82, 2.24) is 29.1 Å². The number of fused-ring (bicyclic) bond motifs is 2. The minimum Gasteiger partial charge on any atom is -0.368 e. The largest absolute Gasteiger partial charge is 0.368 e. The second-order valence-corrected chi connectivity index (χ2v) is 6.87. The van der Waals surface area contributed by atoms with E-state index in [1.54, 1.807) is 36.0 Å². The molecule has 0 amide bonds. The fourth-order valence-corrected chi connectivity index (χ4v) is 3.54. The summed E-state index contributed by atoms with van der Waals surface area (Å²) < 4.78 is 17.4. The normalized spacial score (nSPS) is 14.9. The summed E-state index contributed by atoms with van der Waals surface area (Å²) in [5, 5.41) is 3.31. The predicted octanol–water partition coefficient (Wildman–Crippen LogP) is 1.26. The average Bonchev–Trinajstić information content (AvgIpc) is 3.09. The first-order valence-electron chi connectivity index (χ1n) is 9.10. The summed E-state index contributed by atoms with van der Waals surface area (Å²) in [6, 6.07) is 5.04. The zero-order chi connectivity index (χ0) is 19.3. The number of imidazole rings is 1. The molecule has 142 valence electrons. The van der Waals surface area contributed by atoms with Gasteiger partial charge in [0.05, 0.1) is 11.4 Å². The maximum Gasteiger partial charge on any atom is 0.355 e. The Morgan fingerprint density at radius 1 is 1.07 bits per heavy atom. The molecule has 5 heterocycles. The van der Waals surface area contributed by atoms with Gasteiger partial charge < -0.3 is 14.6 Å². The lowest BCUT2D eigenvalue weighted by Gasteiger charge is -2.29. The van der Waals surface area contributed by atoms with Crippen LogP contribution in [-0.4, -0.2) is 49.9 Å². The Labute approximate surface area is 159 Å². The Hall–Kier alpha value is -3.33. The van der Waals surface area contributed by atoms with Gasteiger partial charge in [-0.25, -0.2) is 23.6 Å². The molecule has 0 atom stereocenters. The molecular formula is C19H18FN7O. The zero-order valence-corrected chi connectivity index (χ0v) is 15.3. The van der Waals surface area contributed by atoms with E-state index in [1.807, 2.05) is 6.07 Å². The molecule has 5 rings (SSSR count). The SMILES string of the molecule is Cc1cn2cc(-c3nc(=O)n4cc(N5CCNCC5)ccc4n3)cc(F)c2n1. The van der Waals surface area contributed by atoms with Crippen LogP contribution in [0, 0.1) is 12.7 Å². The van der Waals surface area contributed by atoms with Crippen molar-refractivity contribution in [2.45, 2.75) is 6.92 Å². The third-order valence-corrected chi connectivity index (χ3v) is 4.91. The highest BCUT2D eigenvalue weighted by molar-refractivity contribution is 5.61. The second-order valence-electron chi connectivity index (χ2n) is 6.87. The van der Waals surface area contributed by atoms with Gasteiger partial charge in [-0.2, -0.15) is 4.98 Å². The van der Waals surface area contributed by atoms with Crippen LogP contribution in [0.5, 0.6) is 0 Å². The summed E-state index contributed by atoms with van der Waals surface area (Å²) in [7, 11) is 0. The molecule has 8 nitrogen and oxygen atoms in total. The first kappa shape index (κ1) is 16.8. The van der Waals surface area contributed by atoms with E-state index < -0.39 is 11.5 Å². The van der Waals surface area contributed by atoms with E-state index in [2.05, 4.69) is 25.2 Å². The minimum atomic E-state index is -0.483. The van der Waals surface area contributed by atoms with Crippen LogP contribution >= 0.6 is 0 Å². The van der Waals surface area contributed by atoms with Crippen molar-refractivity contribution in [1.29, 1.82) is 0 Å². The summed E-state index contributed by atoms with van der Waals surface area (Å²) in [6.45, 7) is 5.36. The van der Waals surface area contributed by atoms with Crippen LogP contribution < -0.4 is 15.9 Å². The van der Waals surface area contributed by atoms with E-state index in [4.69, 9.17) is 0 Å². The summed E-state index contributed by atoms with van der Waals surface area (Å²) in [6.07, 6.45) is 5.16. The van der Waals surface area contributed by atoms with Crippen LogP contribution in [-0.2, 0) is 0 Å². The number of piperazine rings is 1. The number of nitrogens with zero attached hydrogens (tertiary/aromatic N) is 6. The fraction of sp³-hybridized carbons (Fsp3) is 0.263. The number of hydrogen-bond donors (Lipinski definition) is 1. The van der Waals surface area contributed by atoms with Crippen LogP contribution in [0.4, 0.5) is 10.1 Å². The number of pyridine rings is 2. The lowest BCUT2D eigenvalue weighted by atomic mass is 10.2. The van der Waals surface area contributed by atoms with Crippen molar-refractivity contribution in [3.63, 3.8) is 0 Å². The number of anilines is 1. The van der Waals surface area contributed by atoms with Crippen LogP contribution in [0.15, 0.2) is 41.6 Å². The highest BCUT2D eigenvalue weighted by atomic mass is 19.1. The molecule has 1 aliphatic heterocycles. The Morgan fingerprint density at radius 3 is 2.71 bits per heavy atom. The number of nitrogens with one attached hydrogen (secondary N) is 1. The standard InChI is InChI=1S/C19H18FN7O/c1-12-9-26-10-13(8-15(20)18(26)22-12)17-23-16-3-2-14(11-27(16)19(28)24-17)25-6-4-21-5-7-25/h2-3,8-11,21H,4-7H2,1H3. The second kappa shape index (κ2) is 6.38. The van der Waals surface area contributed by atoms with Crippen molar-refractivity contribution >= 4 is 17.0 Å². The molecule has 0 aliphatic carbocycles. The summed E-state index contributed by atoms with van der Waals surface area (Å²) >= 11 is 0. The number of aryl methyl sites for hydroxylation is 1. The zero-order valence-electron chi connectivity index (χ0n) is 15.3. The smallest absolute Gasteiger partial charge is 0.355 e. The van der Waals surface area contributed by atoms with Crippen LogP contribution in [0.25, 0.3) is 22.7 Å². The molecule has 0 unspecified atom stereocenters. The number of aromatic nitrogens is 5. The first-order valence-corrected chi connectivity index (χ1v) is 9.10. The molecular weight excluding hydrogens is 361 g/mol. The Morgan fingerprint density at radius 2 is 1.89 bits per heavy atom. The maximum atomic E-state index is 14.4. The van der Waals surface area contributed by atoms with Gasteiger partial charge in [0.1, 0.15) is 5.65 Å². The van der Waals surface area contributed by atoms with Crippen LogP contribution in [0.2, 0.25) is 0 Å². The van der Waals surface area contributed by atoms with Crippen LogP contribution in [0.3, 0.4) is 0 Å². The summed E-state index contributed by atoms with van der Waals surface area (Å²) in [5.41, 5.74) is 2.34. The molecule has 1 aliphatic rings. The van der Waals surface area contributed by atoms with Gasteiger partial charge in [0, 0.05) is 50.3 Å². The van der Waals surface area contributed by atoms with Crippen molar-refractivity contribution in [2.24, 2.45) is 0 Å². The van der Waals surface area contributed by atoms with E-state index in [0.29, 0.717) is 16.9 Å². The third kappa shape index (κ3) is 2.80. The quantitative estimate of drug-likeness (QED) is 0.565. The lowest BCUT2D eigenvalue weighted by molar-refractivity contribution is 0.588. The number of hydrogen-bond acceptors (Lipinski definition) is 6. The predicted molar refractivity (Wildman–Crippen MR) is 103 cm³/mol. The van der Waals surface area contributed by atoms with Gasteiger partial charge in [0.2, 0.25) is 0 Å². The third-order valence-electron chi connectivity index (χ3n) is 4.91. The minimum absolute atomic E-state index is 0.187. The molecule has 0 bridgehead atoms. The molecule has 0 saturated carbocycles. The molecule has 0 aromatic carbocycles. The summed E-state index contributed by atoms with van der Waals surface area (Å²) in [4.78, 5) is 27.5. The average molecular weight is 379 g/mol. The molecule has 4 aromatic rings. The number of rotatable bonds is 2. The fourth-order valence-electron chi connectivity index (χ4n) is 3.54. The highest BCUT2D eigenvalue weighted by Crippen LogP contribution is 2.20. The van der Waals surface area contributed by atoms with Gasteiger partial charge >= 0.3 is 5.69 Å². The van der Waals surface area contributed by atoms with Gasteiger partial charge in [-0.15, -0.1) is 0 Å². The molecule has 0 spiro atoms.